The molecule has 1 heterocycles. The van der Waals surface area contributed by atoms with E-state index in [1.807, 2.05) is 0 Å². The maximum absolute atomic E-state index is 9.63. The zero-order valence-corrected chi connectivity index (χ0v) is 8.07. The maximum Gasteiger partial charge on any atom is 0.301 e. The SMILES string of the molecule is CC=C1OO[C@@]1(O)C(O)C(O)C(O)CO. The molecule has 5 N–H and O–H groups in total. The van der Waals surface area contributed by atoms with Crippen LogP contribution in [0.25, 0.3) is 0 Å². The van der Waals surface area contributed by atoms with Crippen LogP contribution in [0.2, 0.25) is 0 Å². The molecule has 0 radical (unpaired) electrons. The van der Waals surface area contributed by atoms with E-state index in [0.29, 0.717) is 0 Å². The van der Waals surface area contributed by atoms with Crippen LogP contribution >= 0.6 is 0 Å². The predicted octanol–water partition coefficient (Wildman–Crippen LogP) is -2.38. The van der Waals surface area contributed by atoms with Crippen LogP contribution in [-0.2, 0) is 9.78 Å². The highest BCUT2D eigenvalue weighted by atomic mass is 17.3. The lowest BCUT2D eigenvalue weighted by molar-refractivity contribution is -0.508. The van der Waals surface area contributed by atoms with Crippen LogP contribution in [0.3, 0.4) is 0 Å². The van der Waals surface area contributed by atoms with Gasteiger partial charge in [0.1, 0.15) is 18.3 Å². The Morgan fingerprint density at radius 1 is 1.40 bits per heavy atom. The summed E-state index contributed by atoms with van der Waals surface area (Å²) >= 11 is 0. The lowest BCUT2D eigenvalue weighted by atomic mass is 9.97. The number of hydrogen-bond donors (Lipinski definition) is 5. The Bertz CT molecular complexity index is 253. The molecule has 0 aromatic carbocycles. The van der Waals surface area contributed by atoms with Gasteiger partial charge in [0.2, 0.25) is 5.76 Å². The van der Waals surface area contributed by atoms with E-state index in [0.717, 1.165) is 0 Å². The lowest BCUT2D eigenvalue weighted by Gasteiger charge is -2.41. The first-order chi connectivity index (χ1) is 6.97. The molecule has 88 valence electrons. The van der Waals surface area contributed by atoms with Crippen molar-refractivity contribution in [2.45, 2.75) is 31.0 Å². The van der Waals surface area contributed by atoms with Gasteiger partial charge in [0, 0.05) is 0 Å². The molecular weight excluding hydrogens is 208 g/mol. The van der Waals surface area contributed by atoms with E-state index in [1.54, 1.807) is 0 Å². The summed E-state index contributed by atoms with van der Waals surface area (Å²) in [6, 6.07) is 0. The normalized spacial score (nSPS) is 34.1. The Labute approximate surface area is 85.7 Å². The van der Waals surface area contributed by atoms with Crippen molar-refractivity contribution in [3.8, 4) is 0 Å². The van der Waals surface area contributed by atoms with Crippen LogP contribution in [0, 0.1) is 0 Å². The monoisotopic (exact) mass is 222 g/mol. The number of aliphatic hydroxyl groups is 5. The molecular formula is C8H14O7. The van der Waals surface area contributed by atoms with Gasteiger partial charge in [-0.25, -0.2) is 0 Å². The van der Waals surface area contributed by atoms with E-state index < -0.39 is 30.7 Å². The van der Waals surface area contributed by atoms with Crippen LogP contribution in [0.4, 0.5) is 0 Å². The summed E-state index contributed by atoms with van der Waals surface area (Å²) in [7, 11) is 0. The minimum Gasteiger partial charge on any atom is -0.394 e. The van der Waals surface area contributed by atoms with E-state index in [4.69, 9.17) is 10.2 Å². The van der Waals surface area contributed by atoms with E-state index in [-0.39, 0.29) is 5.76 Å². The Kier molecular flexibility index (Phi) is 3.66. The molecule has 15 heavy (non-hydrogen) atoms. The van der Waals surface area contributed by atoms with Crippen molar-refractivity contribution in [3.63, 3.8) is 0 Å². The van der Waals surface area contributed by atoms with Gasteiger partial charge in [-0.3, -0.25) is 0 Å². The topological polar surface area (TPSA) is 120 Å². The van der Waals surface area contributed by atoms with Gasteiger partial charge in [-0.05, 0) is 13.0 Å². The average Bonchev–Trinajstić information content (AvgIpc) is 2.24. The summed E-state index contributed by atoms with van der Waals surface area (Å²) in [4.78, 5) is 8.66. The van der Waals surface area contributed by atoms with Crippen molar-refractivity contribution in [2.75, 3.05) is 6.61 Å². The molecule has 0 aromatic heterocycles. The van der Waals surface area contributed by atoms with Gasteiger partial charge >= 0.3 is 5.79 Å². The maximum atomic E-state index is 9.63. The van der Waals surface area contributed by atoms with Gasteiger partial charge in [0.25, 0.3) is 0 Å². The number of hydrogen-bond acceptors (Lipinski definition) is 7. The second-order valence-electron chi connectivity index (χ2n) is 3.20. The second kappa shape index (κ2) is 4.44. The van der Waals surface area contributed by atoms with Crippen molar-refractivity contribution >= 4 is 0 Å². The molecule has 0 aliphatic carbocycles. The predicted molar refractivity (Wildman–Crippen MR) is 46.0 cm³/mol. The molecule has 3 unspecified atom stereocenters. The molecule has 0 spiro atoms. The fourth-order valence-electron chi connectivity index (χ4n) is 1.18. The third-order valence-electron chi connectivity index (χ3n) is 2.18. The van der Waals surface area contributed by atoms with Gasteiger partial charge in [-0.2, -0.15) is 0 Å². The number of aliphatic hydroxyl groups excluding tert-OH is 4. The third kappa shape index (κ3) is 1.98. The molecule has 1 aliphatic heterocycles. The largest absolute Gasteiger partial charge is 0.394 e. The Hall–Kier alpha value is -0.700. The van der Waals surface area contributed by atoms with Crippen LogP contribution in [0.5, 0.6) is 0 Å². The summed E-state index contributed by atoms with van der Waals surface area (Å²) in [6.07, 6.45) is -3.81. The second-order valence-corrected chi connectivity index (χ2v) is 3.20. The highest BCUT2D eigenvalue weighted by Gasteiger charge is 2.56. The highest BCUT2D eigenvalue weighted by molar-refractivity contribution is 5.12. The Morgan fingerprint density at radius 3 is 2.33 bits per heavy atom. The van der Waals surface area contributed by atoms with Crippen LogP contribution in [0.1, 0.15) is 6.92 Å². The average molecular weight is 222 g/mol. The fraction of sp³-hybridized carbons (Fsp3) is 0.750. The summed E-state index contributed by atoms with van der Waals surface area (Å²) in [5, 5.41) is 46.0. The first kappa shape index (κ1) is 12.4. The molecule has 0 saturated carbocycles. The summed E-state index contributed by atoms with van der Waals surface area (Å²) in [5.41, 5.74) is 0. The fourth-order valence-corrected chi connectivity index (χ4v) is 1.18. The zero-order valence-electron chi connectivity index (χ0n) is 8.07. The van der Waals surface area contributed by atoms with Gasteiger partial charge in [-0.15, -0.1) is 4.89 Å². The number of allylic oxidation sites excluding steroid dienone is 1. The molecule has 1 aliphatic rings. The van der Waals surface area contributed by atoms with Crippen molar-refractivity contribution in [1.29, 1.82) is 0 Å². The van der Waals surface area contributed by atoms with Crippen LogP contribution in [0.15, 0.2) is 11.8 Å². The molecule has 1 saturated heterocycles. The minimum absolute atomic E-state index is 0.0702. The van der Waals surface area contributed by atoms with Crippen LogP contribution in [-0.4, -0.2) is 56.2 Å². The Morgan fingerprint density at radius 2 is 2.00 bits per heavy atom. The molecule has 0 bridgehead atoms. The smallest absolute Gasteiger partial charge is 0.301 e. The standard InChI is InChI=1S/C8H14O7/c1-2-5-8(13,15-14-5)7(12)6(11)4(10)3-9/h2,4,6-7,9-13H,3H2,1H3/t4?,6?,7?,8-/m1/s1. The zero-order chi connectivity index (χ0) is 11.6. The molecule has 0 amide bonds. The van der Waals surface area contributed by atoms with E-state index in [2.05, 4.69) is 9.78 Å². The molecule has 7 nitrogen and oxygen atoms in total. The third-order valence-corrected chi connectivity index (χ3v) is 2.18. The molecule has 1 rings (SSSR count). The molecule has 0 aromatic rings. The summed E-state index contributed by atoms with van der Waals surface area (Å²) < 4.78 is 0. The van der Waals surface area contributed by atoms with Crippen LogP contribution < -0.4 is 0 Å². The lowest BCUT2D eigenvalue weighted by Crippen LogP contribution is -2.61. The van der Waals surface area contributed by atoms with Crippen molar-refractivity contribution in [2.24, 2.45) is 0 Å². The van der Waals surface area contributed by atoms with E-state index >= 15 is 0 Å². The van der Waals surface area contributed by atoms with Gasteiger partial charge in [0.15, 0.2) is 0 Å². The molecule has 7 heteroatoms. The molecule has 1 fully saturated rings. The number of rotatable bonds is 4. The summed E-state index contributed by atoms with van der Waals surface area (Å²) in [6.45, 7) is 0.782. The van der Waals surface area contributed by atoms with Gasteiger partial charge in [0.05, 0.1) is 6.61 Å². The van der Waals surface area contributed by atoms with Crippen molar-refractivity contribution in [1.82, 2.24) is 0 Å². The van der Waals surface area contributed by atoms with Crippen molar-refractivity contribution in [3.05, 3.63) is 11.8 Å². The molecule has 4 atom stereocenters. The quantitative estimate of drug-likeness (QED) is 0.337. The van der Waals surface area contributed by atoms with Gasteiger partial charge < -0.3 is 30.4 Å². The minimum atomic E-state index is -2.18. The summed E-state index contributed by atoms with van der Waals surface area (Å²) in [5.74, 6) is -2.25. The highest BCUT2D eigenvalue weighted by Crippen LogP contribution is 2.36. The first-order valence-electron chi connectivity index (χ1n) is 4.37. The Balaban J connectivity index is 2.71. The van der Waals surface area contributed by atoms with Crippen molar-refractivity contribution < 1.29 is 35.3 Å². The van der Waals surface area contributed by atoms with E-state index in [9.17, 15) is 15.3 Å². The van der Waals surface area contributed by atoms with E-state index in [1.165, 1.54) is 13.0 Å². The van der Waals surface area contributed by atoms with Gasteiger partial charge in [-0.1, -0.05) is 0 Å². The first-order valence-corrected chi connectivity index (χ1v) is 4.37.